The molecule has 1 spiro atoms. The molecule has 2 bridgehead atoms. The Morgan fingerprint density at radius 1 is 1.12 bits per heavy atom. The van der Waals surface area contributed by atoms with Crippen LogP contribution in [-0.2, 0) is 4.74 Å². The van der Waals surface area contributed by atoms with Crippen LogP contribution in [0.4, 0.5) is 10.5 Å². The third kappa shape index (κ3) is 2.19. The fourth-order valence-corrected chi connectivity index (χ4v) is 5.34. The summed E-state index contributed by atoms with van der Waals surface area (Å²) in [5.41, 5.74) is 1.87. The van der Waals surface area contributed by atoms with Crippen LogP contribution in [0.25, 0.3) is 10.4 Å². The number of nitrogens with zero attached hydrogens (tertiary/aromatic N) is 2. The molecule has 1 aromatic carbocycles. The van der Waals surface area contributed by atoms with E-state index < -0.39 is 0 Å². The normalized spacial score (nSPS) is 31.7. The predicted octanol–water partition coefficient (Wildman–Crippen LogP) is 3.84. The maximum atomic E-state index is 12.6. The van der Waals surface area contributed by atoms with Gasteiger partial charge in [0.25, 0.3) is 0 Å². The molecule has 0 saturated carbocycles. The predicted molar refractivity (Wildman–Crippen MR) is 95.5 cm³/mol. The highest BCUT2D eigenvalue weighted by atomic mass is 32.1. The molecule has 0 N–H and O–H groups in total. The number of hydrogen-bond acceptors (Lipinski definition) is 4. The molecular formula is C19H20N2O2S. The molecule has 5 heteroatoms. The molecule has 1 atom stereocenters. The van der Waals surface area contributed by atoms with Crippen molar-refractivity contribution in [3.63, 3.8) is 0 Å². The van der Waals surface area contributed by atoms with Crippen LogP contribution in [0.2, 0.25) is 0 Å². The molecule has 6 rings (SSSR count). The smallest absolute Gasteiger partial charge is 0.415 e. The summed E-state index contributed by atoms with van der Waals surface area (Å²) in [5, 5.41) is 2.07. The van der Waals surface area contributed by atoms with Crippen LogP contribution in [0.15, 0.2) is 41.8 Å². The number of piperidine rings is 3. The Morgan fingerprint density at radius 2 is 1.92 bits per heavy atom. The van der Waals surface area contributed by atoms with E-state index in [4.69, 9.17) is 4.74 Å². The third-order valence-corrected chi connectivity index (χ3v) is 6.68. The lowest BCUT2D eigenvalue weighted by molar-refractivity contribution is -0.0881. The summed E-state index contributed by atoms with van der Waals surface area (Å²) in [6, 6.07) is 12.4. The van der Waals surface area contributed by atoms with Crippen LogP contribution >= 0.6 is 11.3 Å². The lowest BCUT2D eigenvalue weighted by atomic mass is 9.75. The van der Waals surface area contributed by atoms with Crippen LogP contribution in [-0.4, -0.2) is 42.8 Å². The molecule has 1 aromatic heterocycles. The maximum absolute atomic E-state index is 12.6. The minimum atomic E-state index is -0.289. The van der Waals surface area contributed by atoms with Gasteiger partial charge in [0.1, 0.15) is 5.60 Å². The van der Waals surface area contributed by atoms with Crippen molar-refractivity contribution in [3.05, 3.63) is 41.8 Å². The van der Waals surface area contributed by atoms with Crippen molar-refractivity contribution in [2.45, 2.75) is 18.4 Å². The number of thiophene rings is 1. The van der Waals surface area contributed by atoms with Gasteiger partial charge in [-0.25, -0.2) is 4.79 Å². The monoisotopic (exact) mass is 340 g/mol. The first-order chi connectivity index (χ1) is 11.7. The average Bonchev–Trinajstić information content (AvgIpc) is 3.22. The first-order valence-electron chi connectivity index (χ1n) is 8.60. The lowest BCUT2D eigenvalue weighted by Gasteiger charge is -2.49. The summed E-state index contributed by atoms with van der Waals surface area (Å²) in [5.74, 6) is 0.517. The van der Waals surface area contributed by atoms with Crippen LogP contribution < -0.4 is 4.90 Å². The van der Waals surface area contributed by atoms with Gasteiger partial charge in [0, 0.05) is 22.7 Å². The molecule has 4 fully saturated rings. The van der Waals surface area contributed by atoms with Crippen molar-refractivity contribution in [1.29, 1.82) is 0 Å². The molecule has 124 valence electrons. The van der Waals surface area contributed by atoms with Crippen molar-refractivity contribution in [3.8, 4) is 10.4 Å². The van der Waals surface area contributed by atoms with Gasteiger partial charge in [-0.3, -0.25) is 9.80 Å². The average molecular weight is 340 g/mol. The van der Waals surface area contributed by atoms with E-state index in [2.05, 4.69) is 28.5 Å². The van der Waals surface area contributed by atoms with E-state index in [0.717, 1.165) is 38.2 Å². The fourth-order valence-electron chi connectivity index (χ4n) is 4.43. The van der Waals surface area contributed by atoms with Gasteiger partial charge in [-0.15, -0.1) is 11.3 Å². The zero-order valence-corrected chi connectivity index (χ0v) is 14.3. The van der Waals surface area contributed by atoms with E-state index in [-0.39, 0.29) is 11.7 Å². The molecule has 4 aliphatic rings. The molecule has 24 heavy (non-hydrogen) atoms. The Morgan fingerprint density at radius 3 is 2.62 bits per heavy atom. The second-order valence-electron chi connectivity index (χ2n) is 7.10. The molecular weight excluding hydrogens is 320 g/mol. The quantitative estimate of drug-likeness (QED) is 0.833. The fraction of sp³-hybridized carbons (Fsp3) is 0.421. The third-order valence-electron chi connectivity index (χ3n) is 5.72. The molecule has 4 saturated heterocycles. The Kier molecular flexibility index (Phi) is 3.22. The highest BCUT2D eigenvalue weighted by molar-refractivity contribution is 7.14. The number of benzene rings is 1. The molecule has 4 aliphatic heterocycles. The van der Waals surface area contributed by atoms with Gasteiger partial charge in [-0.1, -0.05) is 30.3 Å². The Hall–Kier alpha value is -1.85. The summed E-state index contributed by atoms with van der Waals surface area (Å²) >= 11 is 1.68. The maximum Gasteiger partial charge on any atom is 0.415 e. The molecule has 1 amide bonds. The number of anilines is 1. The SMILES string of the molecule is O=C1OC2(CN3CCC2CC3)CN1c1csc(-c2ccccc2)c1. The molecule has 0 aliphatic carbocycles. The number of fused-ring (bicyclic) bond motifs is 2. The van der Waals surface area contributed by atoms with Gasteiger partial charge in [0.15, 0.2) is 0 Å². The van der Waals surface area contributed by atoms with Gasteiger partial charge in [-0.2, -0.15) is 0 Å². The number of ether oxygens (including phenoxy) is 1. The van der Waals surface area contributed by atoms with E-state index in [1.807, 2.05) is 23.1 Å². The van der Waals surface area contributed by atoms with Gasteiger partial charge in [-0.05, 0) is 37.6 Å². The molecule has 4 nitrogen and oxygen atoms in total. The van der Waals surface area contributed by atoms with Gasteiger partial charge in [0.05, 0.1) is 12.2 Å². The van der Waals surface area contributed by atoms with Gasteiger partial charge >= 0.3 is 6.09 Å². The van der Waals surface area contributed by atoms with E-state index in [1.54, 1.807) is 11.3 Å². The summed E-state index contributed by atoms with van der Waals surface area (Å²) < 4.78 is 5.96. The largest absolute Gasteiger partial charge is 0.439 e. The zero-order chi connectivity index (χ0) is 16.1. The number of amides is 1. The van der Waals surface area contributed by atoms with E-state index in [1.165, 1.54) is 10.4 Å². The first-order valence-corrected chi connectivity index (χ1v) is 9.48. The van der Waals surface area contributed by atoms with E-state index in [0.29, 0.717) is 12.5 Å². The van der Waals surface area contributed by atoms with Crippen LogP contribution in [0.5, 0.6) is 0 Å². The number of hydrogen-bond donors (Lipinski definition) is 0. The first kappa shape index (κ1) is 14.5. The molecule has 2 aromatic rings. The standard InChI is InChI=1S/C19H20N2O2S/c22-18-21(13-19(23-18)12-20-8-6-15(19)7-9-20)16-10-17(24-11-16)14-4-2-1-3-5-14/h1-5,10-11,15H,6-9,12-13H2. The minimum absolute atomic E-state index is 0.179. The summed E-state index contributed by atoms with van der Waals surface area (Å²) in [7, 11) is 0. The highest BCUT2D eigenvalue weighted by Gasteiger charge is 2.55. The Labute approximate surface area is 145 Å². The second-order valence-corrected chi connectivity index (χ2v) is 8.02. The summed E-state index contributed by atoms with van der Waals surface area (Å²) in [6.07, 6.45) is 2.13. The second kappa shape index (κ2) is 5.33. The van der Waals surface area contributed by atoms with Crippen molar-refractivity contribution in [1.82, 2.24) is 4.90 Å². The highest BCUT2D eigenvalue weighted by Crippen LogP contribution is 2.44. The zero-order valence-electron chi connectivity index (χ0n) is 13.5. The van der Waals surface area contributed by atoms with E-state index in [9.17, 15) is 4.79 Å². The van der Waals surface area contributed by atoms with E-state index >= 15 is 0 Å². The van der Waals surface area contributed by atoms with Crippen molar-refractivity contribution < 1.29 is 9.53 Å². The number of carbonyl (C=O) groups excluding carboxylic acids is 1. The van der Waals surface area contributed by atoms with Crippen molar-refractivity contribution in [2.24, 2.45) is 5.92 Å². The Bertz CT molecular complexity index is 767. The summed E-state index contributed by atoms with van der Waals surface area (Å²) in [6.45, 7) is 3.90. The molecule has 1 unspecified atom stereocenters. The Balaban J connectivity index is 1.42. The minimum Gasteiger partial charge on any atom is -0.439 e. The topological polar surface area (TPSA) is 32.8 Å². The number of rotatable bonds is 2. The van der Waals surface area contributed by atoms with Crippen LogP contribution in [0.1, 0.15) is 12.8 Å². The van der Waals surface area contributed by atoms with Gasteiger partial charge < -0.3 is 4.74 Å². The molecule has 5 heterocycles. The summed E-state index contributed by atoms with van der Waals surface area (Å²) in [4.78, 5) is 18.0. The molecule has 0 radical (unpaired) electrons. The van der Waals surface area contributed by atoms with Crippen LogP contribution in [0, 0.1) is 5.92 Å². The van der Waals surface area contributed by atoms with Gasteiger partial charge in [0.2, 0.25) is 0 Å². The lowest BCUT2D eigenvalue weighted by Crippen LogP contribution is -2.61. The number of carbonyl (C=O) groups is 1. The van der Waals surface area contributed by atoms with Crippen molar-refractivity contribution >= 4 is 23.1 Å². The van der Waals surface area contributed by atoms with Crippen LogP contribution in [0.3, 0.4) is 0 Å². The van der Waals surface area contributed by atoms with Crippen molar-refractivity contribution in [2.75, 3.05) is 31.1 Å².